The van der Waals surface area contributed by atoms with Crippen LogP contribution in [0.1, 0.15) is 134 Å². The van der Waals surface area contributed by atoms with E-state index >= 15 is 0 Å². The summed E-state index contributed by atoms with van der Waals surface area (Å²) < 4.78 is 36.1. The number of fused-ring (bicyclic) bond motifs is 1. The van der Waals surface area contributed by atoms with E-state index in [1.807, 2.05) is 0 Å². The SMILES string of the molecule is CCCCCC1(CCCCC)O[C@@H]2[C@@H](C=C(C(=O)N3CCC[C@@H]3C(=O)N[C@H](CO)CCC(=O)OC(C)(C)C)C[C@H]2OC(=O)c2ccc(C=CCO[C@H]3O[C@H](CO)[C@H](O)[C@H](O)[C@H]3O)cc2)O1. The number of aliphatic hydroxyl groups is 5. The van der Waals surface area contributed by atoms with Crippen LogP contribution in [0.25, 0.3) is 6.08 Å². The lowest BCUT2D eigenvalue weighted by Crippen LogP contribution is -2.59. The molecule has 3 aliphatic heterocycles. The Morgan fingerprint density at radius 2 is 1.65 bits per heavy atom. The second-order valence-electron chi connectivity index (χ2n) is 18.6. The summed E-state index contributed by atoms with van der Waals surface area (Å²) in [6.45, 7) is 8.87. The smallest absolute Gasteiger partial charge is 0.338 e. The molecule has 0 spiro atoms. The Morgan fingerprint density at radius 1 is 0.954 bits per heavy atom. The first-order valence-corrected chi connectivity index (χ1v) is 23.4. The fourth-order valence-corrected chi connectivity index (χ4v) is 8.72. The van der Waals surface area contributed by atoms with Gasteiger partial charge in [-0.15, -0.1) is 0 Å². The van der Waals surface area contributed by atoms with Crippen LogP contribution in [0.4, 0.5) is 0 Å². The van der Waals surface area contributed by atoms with Crippen molar-refractivity contribution in [2.45, 2.75) is 191 Å². The highest BCUT2D eigenvalue weighted by Gasteiger charge is 2.53. The number of benzene rings is 1. The number of hydrogen-bond acceptors (Lipinski definition) is 15. The molecule has 17 nitrogen and oxygen atoms in total. The molecule has 0 radical (unpaired) electrons. The molecule has 2 amide bonds. The summed E-state index contributed by atoms with van der Waals surface area (Å²) in [4.78, 5) is 55.9. The van der Waals surface area contributed by atoms with Crippen LogP contribution in [0.5, 0.6) is 0 Å². The number of nitrogens with zero attached hydrogens (tertiary/aromatic N) is 1. The molecule has 364 valence electrons. The van der Waals surface area contributed by atoms with Crippen LogP contribution >= 0.6 is 0 Å². The Balaban J connectivity index is 1.28. The molecule has 3 fully saturated rings. The first-order valence-electron chi connectivity index (χ1n) is 23.4. The van der Waals surface area contributed by atoms with Gasteiger partial charge in [0.05, 0.1) is 31.4 Å². The lowest BCUT2D eigenvalue weighted by molar-refractivity contribution is -0.298. The maximum atomic E-state index is 14.5. The maximum Gasteiger partial charge on any atom is 0.338 e. The molecule has 6 N–H and O–H groups in total. The molecule has 1 aliphatic carbocycles. The third-order valence-electron chi connectivity index (χ3n) is 12.2. The van der Waals surface area contributed by atoms with Gasteiger partial charge in [-0.2, -0.15) is 0 Å². The topological polar surface area (TPSA) is 240 Å². The summed E-state index contributed by atoms with van der Waals surface area (Å²) >= 11 is 0. The summed E-state index contributed by atoms with van der Waals surface area (Å²) in [6.07, 6.45) is 4.16. The lowest BCUT2D eigenvalue weighted by atomic mass is 9.91. The zero-order valence-electron chi connectivity index (χ0n) is 38.6. The number of ether oxygens (including phenoxy) is 6. The van der Waals surface area contributed by atoms with Gasteiger partial charge in [-0.25, -0.2) is 4.79 Å². The molecular formula is C48H72N2O15. The fraction of sp³-hybridized carbons (Fsp3) is 0.708. The zero-order chi connectivity index (χ0) is 47.3. The molecule has 4 aliphatic rings. The standard InChI is InChI=1S/C48H72N2O15/c1-6-8-10-22-48(23-11-9-7-2)63-36-27-32(44(58)50-24-12-15-34(50)43(57)49-33(28-51)20-21-38(53)64-47(3,4)5)26-35(42(36)65-48)61-45(59)31-18-16-30(17-19-31)14-13-25-60-46-41(56)40(55)39(54)37(29-52)62-46/h13-14,16-19,27,33-37,39-42,46,51-52,54-56H,6-12,15,20-26,28-29H2,1-5H3,(H,49,57)/t33-,34+,35+,36+,37+,39-,40-,41+,42-,46-/m0/s1. The van der Waals surface area contributed by atoms with Crippen molar-refractivity contribution in [1.29, 1.82) is 0 Å². The second kappa shape index (κ2) is 24.3. The van der Waals surface area contributed by atoms with Crippen molar-refractivity contribution in [2.24, 2.45) is 0 Å². The van der Waals surface area contributed by atoms with Crippen molar-refractivity contribution in [1.82, 2.24) is 10.2 Å². The number of carbonyl (C=O) groups excluding carboxylic acids is 4. The lowest BCUT2D eigenvalue weighted by Gasteiger charge is -2.39. The Bertz CT molecular complexity index is 1770. The number of aliphatic hydroxyl groups excluding tert-OH is 5. The van der Waals surface area contributed by atoms with Crippen LogP contribution in [-0.4, -0.2) is 153 Å². The molecule has 10 atom stereocenters. The predicted molar refractivity (Wildman–Crippen MR) is 237 cm³/mol. The second-order valence-corrected chi connectivity index (χ2v) is 18.6. The highest BCUT2D eigenvalue weighted by molar-refractivity contribution is 5.98. The van der Waals surface area contributed by atoms with Crippen LogP contribution in [0.2, 0.25) is 0 Å². The van der Waals surface area contributed by atoms with Gasteiger partial charge in [-0.05, 0) is 76.6 Å². The summed E-state index contributed by atoms with van der Waals surface area (Å²) in [6, 6.07) is 5.10. The van der Waals surface area contributed by atoms with Gasteiger partial charge < -0.3 is 64.2 Å². The minimum absolute atomic E-state index is 0.000136. The summed E-state index contributed by atoms with van der Waals surface area (Å²) in [5.41, 5.74) is 0.651. The van der Waals surface area contributed by atoms with Gasteiger partial charge in [-0.3, -0.25) is 14.4 Å². The quantitative estimate of drug-likeness (QED) is 0.0720. The van der Waals surface area contributed by atoms with E-state index in [-0.39, 0.29) is 37.3 Å². The van der Waals surface area contributed by atoms with E-state index in [0.29, 0.717) is 43.4 Å². The van der Waals surface area contributed by atoms with Crippen LogP contribution in [-0.2, 0) is 42.8 Å². The van der Waals surface area contributed by atoms with Gasteiger partial charge in [0, 0.05) is 37.8 Å². The van der Waals surface area contributed by atoms with E-state index in [9.17, 15) is 44.7 Å². The van der Waals surface area contributed by atoms with Crippen LogP contribution in [0.15, 0.2) is 42.0 Å². The van der Waals surface area contributed by atoms with Crippen LogP contribution < -0.4 is 5.32 Å². The number of likely N-dealkylation sites (tertiary alicyclic amines) is 1. The molecular weight excluding hydrogens is 845 g/mol. The van der Waals surface area contributed by atoms with Gasteiger partial charge in [0.1, 0.15) is 54.4 Å². The van der Waals surface area contributed by atoms with E-state index in [0.717, 1.165) is 38.5 Å². The van der Waals surface area contributed by atoms with Gasteiger partial charge >= 0.3 is 11.9 Å². The number of nitrogens with one attached hydrogen (secondary N) is 1. The molecule has 0 unspecified atom stereocenters. The molecule has 5 rings (SSSR count). The van der Waals surface area contributed by atoms with Crippen molar-refractivity contribution in [3.05, 3.63) is 53.1 Å². The summed E-state index contributed by atoms with van der Waals surface area (Å²) in [7, 11) is 0. The van der Waals surface area contributed by atoms with Gasteiger partial charge in [-0.1, -0.05) is 63.8 Å². The van der Waals surface area contributed by atoms with E-state index in [4.69, 9.17) is 28.4 Å². The van der Waals surface area contributed by atoms with Crippen molar-refractivity contribution in [3.8, 4) is 0 Å². The number of unbranched alkanes of at least 4 members (excludes halogenated alkanes) is 4. The third kappa shape index (κ3) is 14.4. The van der Waals surface area contributed by atoms with Crippen molar-refractivity contribution in [2.75, 3.05) is 26.4 Å². The van der Waals surface area contributed by atoms with Gasteiger partial charge in [0.15, 0.2) is 12.1 Å². The number of hydrogen-bond donors (Lipinski definition) is 6. The summed E-state index contributed by atoms with van der Waals surface area (Å²) in [5, 5.41) is 52.6. The Labute approximate surface area is 382 Å². The van der Waals surface area contributed by atoms with Crippen LogP contribution in [0, 0.1) is 0 Å². The monoisotopic (exact) mass is 916 g/mol. The Kier molecular flexibility index (Phi) is 19.5. The van der Waals surface area contributed by atoms with Gasteiger partial charge in [0.2, 0.25) is 11.8 Å². The normalized spacial score (nSPS) is 28.1. The molecule has 3 heterocycles. The fourth-order valence-electron chi connectivity index (χ4n) is 8.72. The first-order chi connectivity index (χ1) is 31.0. The Morgan fingerprint density at radius 3 is 2.28 bits per heavy atom. The highest BCUT2D eigenvalue weighted by atomic mass is 16.8. The largest absolute Gasteiger partial charge is 0.460 e. The number of esters is 2. The average Bonchev–Trinajstić information content (AvgIpc) is 3.92. The molecule has 1 aromatic carbocycles. The minimum Gasteiger partial charge on any atom is -0.460 e. The Hall–Kier alpha value is -3.78. The molecule has 17 heteroatoms. The number of amides is 2. The van der Waals surface area contributed by atoms with E-state index in [2.05, 4.69) is 19.2 Å². The van der Waals surface area contributed by atoms with E-state index < -0.39 is 104 Å². The molecule has 0 saturated carbocycles. The van der Waals surface area contributed by atoms with Crippen molar-refractivity contribution in [3.63, 3.8) is 0 Å². The maximum absolute atomic E-state index is 14.5. The molecule has 0 bridgehead atoms. The number of rotatable bonds is 22. The molecule has 0 aromatic heterocycles. The minimum atomic E-state index is -1.55. The zero-order valence-corrected chi connectivity index (χ0v) is 38.6. The van der Waals surface area contributed by atoms with E-state index in [1.54, 1.807) is 63.3 Å². The average molecular weight is 917 g/mol. The van der Waals surface area contributed by atoms with Crippen LogP contribution in [0.3, 0.4) is 0 Å². The number of carbonyl (C=O) groups is 4. The first kappa shape index (κ1) is 52.2. The van der Waals surface area contributed by atoms with E-state index in [1.165, 1.54) is 4.90 Å². The predicted octanol–water partition coefficient (Wildman–Crippen LogP) is 3.60. The molecule has 1 aromatic rings. The van der Waals surface area contributed by atoms with Crippen molar-refractivity contribution >= 4 is 29.8 Å². The van der Waals surface area contributed by atoms with Gasteiger partial charge in [0.25, 0.3) is 0 Å². The highest BCUT2D eigenvalue weighted by Crippen LogP contribution is 2.44. The van der Waals surface area contributed by atoms with Crippen molar-refractivity contribution < 1.29 is 73.1 Å². The summed E-state index contributed by atoms with van der Waals surface area (Å²) in [5.74, 6) is -2.79. The molecule has 65 heavy (non-hydrogen) atoms. The molecule has 3 saturated heterocycles. The third-order valence-corrected chi connectivity index (χ3v) is 12.2.